The van der Waals surface area contributed by atoms with Gasteiger partial charge in [0, 0.05) is 18.1 Å². The lowest BCUT2D eigenvalue weighted by atomic mass is 9.90. The Morgan fingerprint density at radius 2 is 1.88 bits per heavy atom. The molecule has 2 aromatic carbocycles. The lowest BCUT2D eigenvalue weighted by Gasteiger charge is -2.32. The summed E-state index contributed by atoms with van der Waals surface area (Å²) >= 11 is 0. The fourth-order valence-corrected chi connectivity index (χ4v) is 3.75. The Kier molecular flexibility index (Phi) is 3.39. The number of hydrogen-bond donors (Lipinski definition) is 3. The van der Waals surface area contributed by atoms with Gasteiger partial charge in [-0.25, -0.2) is 0 Å². The summed E-state index contributed by atoms with van der Waals surface area (Å²) < 4.78 is 10.7. The number of benzene rings is 2. The summed E-state index contributed by atoms with van der Waals surface area (Å²) in [6.07, 6.45) is 3.03. The van der Waals surface area contributed by atoms with Crippen LogP contribution in [0.1, 0.15) is 22.3 Å². The molecule has 2 aliphatic heterocycles. The van der Waals surface area contributed by atoms with E-state index in [0.29, 0.717) is 11.5 Å². The van der Waals surface area contributed by atoms with Crippen molar-refractivity contribution in [3.8, 4) is 23.0 Å². The van der Waals surface area contributed by atoms with Gasteiger partial charge in [-0.15, -0.1) is 0 Å². The number of phenolic OH excluding ortho intramolecular Hbond substituents is 2. The second kappa shape index (κ2) is 5.46. The Labute approximate surface area is 140 Å². The fourth-order valence-electron chi connectivity index (χ4n) is 3.75. The molecule has 24 heavy (non-hydrogen) atoms. The maximum Gasteiger partial charge on any atom is 0.169 e. The maximum absolute atomic E-state index is 10.0. The summed E-state index contributed by atoms with van der Waals surface area (Å²) in [6.45, 7) is 1.70. The first-order valence-electron chi connectivity index (χ1n) is 7.98. The molecule has 0 aliphatic carbocycles. The highest BCUT2D eigenvalue weighted by Crippen LogP contribution is 2.38. The van der Waals surface area contributed by atoms with Crippen molar-refractivity contribution in [2.24, 2.45) is 0 Å². The smallest absolute Gasteiger partial charge is 0.169 e. The van der Waals surface area contributed by atoms with E-state index in [0.717, 1.165) is 41.8 Å². The van der Waals surface area contributed by atoms with Crippen LogP contribution in [-0.2, 0) is 13.0 Å². The largest absolute Gasteiger partial charge is 0.504 e. The van der Waals surface area contributed by atoms with Gasteiger partial charge in [-0.1, -0.05) is 6.07 Å². The van der Waals surface area contributed by atoms with Crippen LogP contribution < -0.4 is 14.4 Å². The van der Waals surface area contributed by atoms with Crippen LogP contribution in [0, 0.1) is 0 Å². The van der Waals surface area contributed by atoms with E-state index >= 15 is 0 Å². The predicted octanol–water partition coefficient (Wildman–Crippen LogP) is 1.57. The summed E-state index contributed by atoms with van der Waals surface area (Å²) in [7, 11) is 3.15. The zero-order valence-corrected chi connectivity index (χ0v) is 13.7. The van der Waals surface area contributed by atoms with E-state index in [9.17, 15) is 10.2 Å². The number of nitrogens with one attached hydrogen (secondary N) is 1. The molecule has 1 unspecified atom stereocenters. The fraction of sp³-hybridized carbons (Fsp3) is 0.263. The number of aromatic hydroxyl groups is 2. The summed E-state index contributed by atoms with van der Waals surface area (Å²) in [4.78, 5) is 1.33. The third kappa shape index (κ3) is 2.12. The van der Waals surface area contributed by atoms with Gasteiger partial charge in [-0.2, -0.15) is 0 Å². The minimum absolute atomic E-state index is 0.177. The van der Waals surface area contributed by atoms with E-state index in [-0.39, 0.29) is 11.5 Å². The molecule has 124 valence electrons. The van der Waals surface area contributed by atoms with Crippen LogP contribution in [0.5, 0.6) is 23.0 Å². The Balaban J connectivity index is 1.89. The molecule has 0 fully saturated rings. The number of ether oxygens (including phenoxy) is 2. The molecular formula is C19H20NO4+. The second-order valence-corrected chi connectivity index (χ2v) is 6.21. The first kappa shape index (κ1) is 14.9. The monoisotopic (exact) mass is 326 g/mol. The number of quaternary nitrogens is 1. The first-order valence-corrected chi connectivity index (χ1v) is 7.98. The molecule has 1 atom stereocenters. The van der Waals surface area contributed by atoms with Crippen molar-refractivity contribution in [2.45, 2.75) is 13.0 Å². The summed E-state index contributed by atoms with van der Waals surface area (Å²) in [5.41, 5.74) is 5.53. The van der Waals surface area contributed by atoms with Gasteiger partial charge in [0.05, 0.1) is 26.3 Å². The van der Waals surface area contributed by atoms with Gasteiger partial charge in [0.2, 0.25) is 0 Å². The van der Waals surface area contributed by atoms with Crippen LogP contribution >= 0.6 is 0 Å². The van der Waals surface area contributed by atoms with Crippen LogP contribution in [0.15, 0.2) is 24.3 Å². The second-order valence-electron chi connectivity index (χ2n) is 6.21. The molecule has 2 aliphatic rings. The summed E-state index contributed by atoms with van der Waals surface area (Å²) in [5.74, 6) is 1.41. The van der Waals surface area contributed by atoms with Crippen molar-refractivity contribution < 1.29 is 24.6 Å². The normalized spacial score (nSPS) is 18.1. The van der Waals surface area contributed by atoms with Crippen molar-refractivity contribution >= 4 is 11.8 Å². The Morgan fingerprint density at radius 3 is 2.62 bits per heavy atom. The molecule has 0 amide bonds. The third-order valence-electron chi connectivity index (χ3n) is 4.94. The molecule has 0 radical (unpaired) electrons. The van der Waals surface area contributed by atoms with E-state index in [4.69, 9.17) is 9.47 Å². The quantitative estimate of drug-likeness (QED) is 0.784. The van der Waals surface area contributed by atoms with Crippen LogP contribution in [0.2, 0.25) is 0 Å². The molecule has 3 N–H and O–H groups in total. The van der Waals surface area contributed by atoms with E-state index in [1.807, 2.05) is 12.1 Å². The topological polar surface area (TPSA) is 63.4 Å². The highest BCUT2D eigenvalue weighted by atomic mass is 16.5. The molecule has 0 saturated carbocycles. The van der Waals surface area contributed by atoms with Crippen molar-refractivity contribution in [2.75, 3.05) is 20.8 Å². The van der Waals surface area contributed by atoms with Crippen molar-refractivity contribution in [3.05, 3.63) is 46.5 Å². The van der Waals surface area contributed by atoms with Crippen molar-refractivity contribution in [3.63, 3.8) is 0 Å². The lowest BCUT2D eigenvalue weighted by Crippen LogP contribution is -3.09. The maximum atomic E-state index is 10.0. The zero-order valence-electron chi connectivity index (χ0n) is 13.7. The van der Waals surface area contributed by atoms with E-state index < -0.39 is 0 Å². The highest BCUT2D eigenvalue weighted by molar-refractivity contribution is 5.82. The summed E-state index contributed by atoms with van der Waals surface area (Å²) in [6, 6.07) is 7.31. The minimum Gasteiger partial charge on any atom is -0.504 e. The van der Waals surface area contributed by atoms with Crippen LogP contribution in [0.25, 0.3) is 11.8 Å². The molecule has 4 rings (SSSR count). The Bertz CT molecular complexity index is 857. The average molecular weight is 326 g/mol. The van der Waals surface area contributed by atoms with Gasteiger partial charge >= 0.3 is 0 Å². The highest BCUT2D eigenvalue weighted by Gasteiger charge is 2.33. The standard InChI is InChI=1S/C19H19NO4/c1-23-18-9-13-12(8-17(18)22)5-6-20-10-14-11(7-15(13)20)3-4-16(21)19(14)24-2/h3-4,7-9,21-22H,5-6,10H2,1-2H3/p+1. The minimum atomic E-state index is 0.177. The van der Waals surface area contributed by atoms with E-state index in [2.05, 4.69) is 6.08 Å². The van der Waals surface area contributed by atoms with E-state index in [1.54, 1.807) is 26.4 Å². The Morgan fingerprint density at radius 1 is 1.04 bits per heavy atom. The predicted molar refractivity (Wildman–Crippen MR) is 90.4 cm³/mol. The lowest BCUT2D eigenvalue weighted by molar-refractivity contribution is -0.841. The molecule has 0 aromatic heterocycles. The number of fused-ring (bicyclic) bond motifs is 4. The molecule has 0 saturated heterocycles. The van der Waals surface area contributed by atoms with Crippen LogP contribution in [-0.4, -0.2) is 31.0 Å². The molecule has 5 nitrogen and oxygen atoms in total. The molecule has 2 heterocycles. The number of methoxy groups -OCH3 is 2. The van der Waals surface area contributed by atoms with Gasteiger partial charge in [0.1, 0.15) is 12.2 Å². The van der Waals surface area contributed by atoms with Crippen LogP contribution in [0.4, 0.5) is 0 Å². The van der Waals surface area contributed by atoms with Gasteiger partial charge in [0.25, 0.3) is 0 Å². The third-order valence-corrected chi connectivity index (χ3v) is 4.94. The van der Waals surface area contributed by atoms with E-state index in [1.165, 1.54) is 10.6 Å². The average Bonchev–Trinajstić information content (AvgIpc) is 2.59. The van der Waals surface area contributed by atoms with Gasteiger partial charge in [-0.3, -0.25) is 4.90 Å². The number of rotatable bonds is 2. The summed E-state index contributed by atoms with van der Waals surface area (Å²) in [5, 5.41) is 20.0. The number of phenols is 2. The van der Waals surface area contributed by atoms with Crippen molar-refractivity contribution in [1.29, 1.82) is 0 Å². The van der Waals surface area contributed by atoms with Crippen LogP contribution in [0.3, 0.4) is 0 Å². The van der Waals surface area contributed by atoms with Crippen molar-refractivity contribution in [1.82, 2.24) is 0 Å². The number of hydrogen-bond acceptors (Lipinski definition) is 4. The van der Waals surface area contributed by atoms with Gasteiger partial charge < -0.3 is 19.7 Å². The zero-order chi connectivity index (χ0) is 16.8. The molecule has 2 aromatic rings. The molecule has 0 spiro atoms. The Hall–Kier alpha value is -2.66. The molecule has 5 heteroatoms. The molecular weight excluding hydrogens is 306 g/mol. The first-order chi connectivity index (χ1) is 11.6. The van der Waals surface area contributed by atoms with Gasteiger partial charge in [-0.05, 0) is 29.3 Å². The molecule has 0 bridgehead atoms. The SMILES string of the molecule is COc1cc2c(cc1O)CC[NH+]1Cc3c(ccc(O)c3OC)C=C21. The van der Waals surface area contributed by atoms with Gasteiger partial charge in [0.15, 0.2) is 23.0 Å².